The molecule has 0 unspecified atom stereocenters. The molecule has 2 aromatic rings. The van der Waals surface area contributed by atoms with Crippen LogP contribution in [0.15, 0.2) is 29.1 Å². The highest BCUT2D eigenvalue weighted by Gasteiger charge is 2.15. The number of rotatable bonds is 3. The molecular weight excluding hydrogens is 224 g/mol. The molecule has 5 heteroatoms. The standard InChI is InChI=1S/C11H10N2O2S/c12-11(15)9-7(5-14)1-3-13-10(9)8-2-4-16-6-8/h1-4,6,14H,5H2,(H2,12,15). The van der Waals surface area contributed by atoms with E-state index >= 15 is 0 Å². The molecule has 2 heterocycles. The summed E-state index contributed by atoms with van der Waals surface area (Å²) < 4.78 is 0. The molecule has 0 fully saturated rings. The molecule has 0 saturated carbocycles. The Bertz CT molecular complexity index is 509. The van der Waals surface area contributed by atoms with Gasteiger partial charge in [0.1, 0.15) is 0 Å². The van der Waals surface area contributed by atoms with Gasteiger partial charge in [0.15, 0.2) is 0 Å². The second kappa shape index (κ2) is 4.42. The van der Waals surface area contributed by atoms with E-state index in [-0.39, 0.29) is 6.61 Å². The minimum atomic E-state index is -0.571. The Morgan fingerprint density at radius 1 is 1.50 bits per heavy atom. The normalized spacial score (nSPS) is 10.3. The topological polar surface area (TPSA) is 76.2 Å². The third kappa shape index (κ3) is 1.82. The van der Waals surface area contributed by atoms with Gasteiger partial charge in [-0.05, 0) is 23.1 Å². The summed E-state index contributed by atoms with van der Waals surface area (Å²) in [6, 6.07) is 3.45. The summed E-state index contributed by atoms with van der Waals surface area (Å²) in [6.45, 7) is -0.224. The van der Waals surface area contributed by atoms with E-state index in [9.17, 15) is 4.79 Å². The zero-order valence-corrected chi connectivity index (χ0v) is 9.20. The number of pyridine rings is 1. The zero-order chi connectivity index (χ0) is 11.5. The van der Waals surface area contributed by atoms with Gasteiger partial charge >= 0.3 is 0 Å². The second-order valence-corrected chi connectivity index (χ2v) is 4.01. The highest BCUT2D eigenvalue weighted by Crippen LogP contribution is 2.25. The van der Waals surface area contributed by atoms with Gasteiger partial charge in [-0.2, -0.15) is 11.3 Å². The van der Waals surface area contributed by atoms with Crippen LogP contribution in [0.3, 0.4) is 0 Å². The quantitative estimate of drug-likeness (QED) is 0.842. The lowest BCUT2D eigenvalue weighted by atomic mass is 10.0. The van der Waals surface area contributed by atoms with Gasteiger partial charge in [0.25, 0.3) is 5.91 Å². The van der Waals surface area contributed by atoms with Gasteiger partial charge in [-0.15, -0.1) is 0 Å². The predicted molar refractivity (Wildman–Crippen MR) is 62.0 cm³/mol. The van der Waals surface area contributed by atoms with Crippen LogP contribution in [0.2, 0.25) is 0 Å². The van der Waals surface area contributed by atoms with Crippen molar-refractivity contribution in [2.45, 2.75) is 6.61 Å². The lowest BCUT2D eigenvalue weighted by molar-refractivity contribution is 0.0997. The first-order chi connectivity index (χ1) is 7.74. The van der Waals surface area contributed by atoms with Crippen molar-refractivity contribution >= 4 is 17.2 Å². The van der Waals surface area contributed by atoms with E-state index in [1.807, 2.05) is 16.8 Å². The van der Waals surface area contributed by atoms with Gasteiger partial charge in [-0.25, -0.2) is 0 Å². The van der Waals surface area contributed by atoms with Crippen LogP contribution in [0.25, 0.3) is 11.3 Å². The Morgan fingerprint density at radius 2 is 2.31 bits per heavy atom. The fourth-order valence-corrected chi connectivity index (χ4v) is 2.17. The molecule has 0 spiro atoms. The molecule has 0 bridgehead atoms. The monoisotopic (exact) mass is 234 g/mol. The molecule has 0 aliphatic heterocycles. The zero-order valence-electron chi connectivity index (χ0n) is 8.38. The molecular formula is C11H10N2O2S. The number of thiophene rings is 1. The molecule has 2 aromatic heterocycles. The van der Waals surface area contributed by atoms with Gasteiger partial charge in [0.2, 0.25) is 0 Å². The summed E-state index contributed by atoms with van der Waals surface area (Å²) in [5.41, 5.74) is 7.48. The van der Waals surface area contributed by atoms with Crippen molar-refractivity contribution in [3.8, 4) is 11.3 Å². The number of nitrogens with two attached hydrogens (primary N) is 1. The van der Waals surface area contributed by atoms with Gasteiger partial charge < -0.3 is 10.8 Å². The molecule has 82 valence electrons. The van der Waals surface area contributed by atoms with E-state index in [0.29, 0.717) is 16.8 Å². The summed E-state index contributed by atoms with van der Waals surface area (Å²) in [5, 5.41) is 12.9. The molecule has 16 heavy (non-hydrogen) atoms. The Labute approximate surface area is 96.4 Å². The molecule has 3 N–H and O–H groups in total. The first-order valence-corrected chi connectivity index (χ1v) is 5.59. The van der Waals surface area contributed by atoms with E-state index in [1.165, 1.54) is 11.3 Å². The Morgan fingerprint density at radius 3 is 2.88 bits per heavy atom. The van der Waals surface area contributed by atoms with Gasteiger partial charge in [0.05, 0.1) is 17.9 Å². The average Bonchev–Trinajstić information content (AvgIpc) is 2.81. The first kappa shape index (κ1) is 10.8. The SMILES string of the molecule is NC(=O)c1c(CO)ccnc1-c1ccsc1. The van der Waals surface area contributed by atoms with Crippen molar-refractivity contribution in [2.24, 2.45) is 5.73 Å². The van der Waals surface area contributed by atoms with Gasteiger partial charge in [-0.3, -0.25) is 9.78 Å². The second-order valence-electron chi connectivity index (χ2n) is 3.23. The van der Waals surface area contributed by atoms with E-state index < -0.39 is 5.91 Å². The van der Waals surface area contributed by atoms with Crippen molar-refractivity contribution in [2.75, 3.05) is 0 Å². The molecule has 0 aromatic carbocycles. The maximum atomic E-state index is 11.4. The van der Waals surface area contributed by atoms with Crippen LogP contribution in [0.1, 0.15) is 15.9 Å². The maximum absolute atomic E-state index is 11.4. The van der Waals surface area contributed by atoms with Crippen LogP contribution in [0, 0.1) is 0 Å². The number of aliphatic hydroxyl groups is 1. The van der Waals surface area contributed by atoms with Crippen molar-refractivity contribution in [1.82, 2.24) is 4.98 Å². The molecule has 0 atom stereocenters. The number of carbonyl (C=O) groups is 1. The van der Waals surface area contributed by atoms with Crippen molar-refractivity contribution < 1.29 is 9.90 Å². The van der Waals surface area contributed by atoms with Gasteiger partial charge in [0, 0.05) is 17.1 Å². The highest BCUT2D eigenvalue weighted by atomic mass is 32.1. The lowest BCUT2D eigenvalue weighted by Gasteiger charge is -2.08. The largest absolute Gasteiger partial charge is 0.392 e. The van der Waals surface area contributed by atoms with E-state index in [1.54, 1.807) is 12.3 Å². The third-order valence-corrected chi connectivity index (χ3v) is 2.93. The summed E-state index contributed by atoms with van der Waals surface area (Å²) in [4.78, 5) is 15.5. The molecule has 1 amide bonds. The number of aliphatic hydroxyl groups excluding tert-OH is 1. The van der Waals surface area contributed by atoms with Crippen LogP contribution in [-0.4, -0.2) is 16.0 Å². The average molecular weight is 234 g/mol. The highest BCUT2D eigenvalue weighted by molar-refractivity contribution is 7.08. The summed E-state index contributed by atoms with van der Waals surface area (Å²) in [6.07, 6.45) is 1.56. The van der Waals surface area contributed by atoms with Crippen LogP contribution in [0.4, 0.5) is 0 Å². The van der Waals surface area contributed by atoms with Crippen LogP contribution in [-0.2, 0) is 6.61 Å². The van der Waals surface area contributed by atoms with Crippen molar-refractivity contribution in [3.05, 3.63) is 40.2 Å². The van der Waals surface area contributed by atoms with Crippen molar-refractivity contribution in [3.63, 3.8) is 0 Å². The van der Waals surface area contributed by atoms with E-state index in [4.69, 9.17) is 10.8 Å². The number of amides is 1. The summed E-state index contributed by atoms with van der Waals surface area (Å²) in [5.74, 6) is -0.571. The minimum Gasteiger partial charge on any atom is -0.392 e. The molecule has 0 radical (unpaired) electrons. The van der Waals surface area contributed by atoms with Crippen LogP contribution < -0.4 is 5.73 Å². The molecule has 0 aliphatic rings. The molecule has 0 saturated heterocycles. The van der Waals surface area contributed by atoms with E-state index in [2.05, 4.69) is 4.98 Å². The molecule has 4 nitrogen and oxygen atoms in total. The number of nitrogens with zero attached hydrogens (tertiary/aromatic N) is 1. The smallest absolute Gasteiger partial charge is 0.251 e. The Kier molecular flexibility index (Phi) is 2.98. The maximum Gasteiger partial charge on any atom is 0.251 e. The van der Waals surface area contributed by atoms with Crippen LogP contribution in [0.5, 0.6) is 0 Å². The van der Waals surface area contributed by atoms with Crippen LogP contribution >= 0.6 is 11.3 Å². The number of primary amides is 1. The summed E-state index contributed by atoms with van der Waals surface area (Å²) >= 11 is 1.51. The Hall–Kier alpha value is -1.72. The Balaban J connectivity index is 2.65. The number of carbonyl (C=O) groups excluding carboxylic acids is 1. The van der Waals surface area contributed by atoms with Crippen molar-refractivity contribution in [1.29, 1.82) is 0 Å². The molecule has 0 aliphatic carbocycles. The molecule has 2 rings (SSSR count). The fourth-order valence-electron chi connectivity index (χ4n) is 1.53. The fraction of sp³-hybridized carbons (Fsp3) is 0.0909. The first-order valence-electron chi connectivity index (χ1n) is 4.65. The number of aromatic nitrogens is 1. The summed E-state index contributed by atoms with van der Waals surface area (Å²) in [7, 11) is 0. The number of hydrogen-bond acceptors (Lipinski definition) is 4. The number of hydrogen-bond donors (Lipinski definition) is 2. The third-order valence-electron chi connectivity index (χ3n) is 2.25. The lowest BCUT2D eigenvalue weighted by Crippen LogP contribution is -2.16. The van der Waals surface area contributed by atoms with Gasteiger partial charge in [-0.1, -0.05) is 0 Å². The minimum absolute atomic E-state index is 0.224. The van der Waals surface area contributed by atoms with E-state index in [0.717, 1.165) is 5.56 Å². The predicted octanol–water partition coefficient (Wildman–Crippen LogP) is 1.40.